The van der Waals surface area contributed by atoms with Crippen molar-refractivity contribution in [2.75, 3.05) is 0 Å². The van der Waals surface area contributed by atoms with Crippen LogP contribution in [0.1, 0.15) is 20.3 Å². The predicted octanol–water partition coefficient (Wildman–Crippen LogP) is 1.80. The summed E-state index contributed by atoms with van der Waals surface area (Å²) < 4.78 is 0. The Bertz CT molecular complexity index is 121. The molecule has 1 saturated carbocycles. The molecule has 0 heterocycles. The number of hydrogen-bond acceptors (Lipinski definition) is 1. The molecule has 2 atom stereocenters. The van der Waals surface area contributed by atoms with Crippen LogP contribution >= 0.6 is 0 Å². The summed E-state index contributed by atoms with van der Waals surface area (Å²) in [7, 11) is 0. The normalized spacial score (nSPS) is 34.8. The first-order valence-electron chi connectivity index (χ1n) is 3.15. The van der Waals surface area contributed by atoms with E-state index in [0.29, 0.717) is 5.92 Å². The molecule has 1 aliphatic rings. The van der Waals surface area contributed by atoms with Gasteiger partial charge in [0, 0.05) is 5.92 Å². The fourth-order valence-electron chi connectivity index (χ4n) is 1.10. The van der Waals surface area contributed by atoms with Crippen molar-refractivity contribution in [3.05, 3.63) is 0 Å². The molecule has 0 saturated heterocycles. The first-order valence-corrected chi connectivity index (χ1v) is 3.15. The maximum absolute atomic E-state index is 8.38. The van der Waals surface area contributed by atoms with Crippen molar-refractivity contribution in [1.82, 2.24) is 0 Å². The fraction of sp³-hybridized carbons (Fsp3) is 0.857. The van der Waals surface area contributed by atoms with E-state index in [1.165, 1.54) is 0 Å². The second-order valence-electron chi connectivity index (χ2n) is 2.88. The molecular weight excluding hydrogens is 98.1 g/mol. The van der Waals surface area contributed by atoms with Gasteiger partial charge < -0.3 is 0 Å². The van der Waals surface area contributed by atoms with Crippen LogP contribution in [0.25, 0.3) is 0 Å². The summed E-state index contributed by atoms with van der Waals surface area (Å²) in [5, 5.41) is 8.38. The molecule has 0 N–H and O–H groups in total. The smallest absolute Gasteiger partial charge is 0.0658 e. The quantitative estimate of drug-likeness (QED) is 0.503. The predicted molar refractivity (Wildman–Crippen MR) is 32.0 cm³/mol. The van der Waals surface area contributed by atoms with Crippen molar-refractivity contribution in [3.63, 3.8) is 0 Å². The largest absolute Gasteiger partial charge is 0.198 e. The van der Waals surface area contributed by atoms with Gasteiger partial charge in [0.25, 0.3) is 0 Å². The molecule has 1 heteroatoms. The third-order valence-electron chi connectivity index (χ3n) is 1.86. The average Bonchev–Trinajstić information content (AvgIpc) is 2.42. The molecule has 0 bridgehead atoms. The van der Waals surface area contributed by atoms with E-state index in [-0.39, 0.29) is 0 Å². The van der Waals surface area contributed by atoms with Crippen molar-refractivity contribution in [3.8, 4) is 6.07 Å². The van der Waals surface area contributed by atoms with E-state index in [9.17, 15) is 0 Å². The molecule has 0 aromatic heterocycles. The van der Waals surface area contributed by atoms with Crippen molar-refractivity contribution in [1.29, 1.82) is 5.26 Å². The molecule has 1 nitrogen and oxygen atoms in total. The van der Waals surface area contributed by atoms with E-state index in [1.54, 1.807) is 0 Å². The van der Waals surface area contributed by atoms with Gasteiger partial charge in [-0.05, 0) is 18.3 Å². The van der Waals surface area contributed by atoms with E-state index < -0.39 is 0 Å². The average molecular weight is 109 g/mol. The minimum atomic E-state index is 0.398. The first kappa shape index (κ1) is 5.62. The lowest BCUT2D eigenvalue weighted by atomic mass is 10.1. The second kappa shape index (κ2) is 1.78. The summed E-state index contributed by atoms with van der Waals surface area (Å²) in [6.45, 7) is 4.37. The molecule has 0 aromatic rings. The summed E-state index contributed by atoms with van der Waals surface area (Å²) in [5.41, 5.74) is 0. The van der Waals surface area contributed by atoms with Crippen molar-refractivity contribution in [2.24, 2.45) is 17.8 Å². The fourth-order valence-corrected chi connectivity index (χ4v) is 1.10. The van der Waals surface area contributed by atoms with Crippen LogP contribution in [0.5, 0.6) is 0 Å². The molecule has 0 radical (unpaired) electrons. The number of rotatable bonds is 1. The summed E-state index contributed by atoms with van der Waals surface area (Å²) in [5.74, 6) is 1.84. The lowest BCUT2D eigenvalue weighted by molar-refractivity contribution is 0.545. The SMILES string of the molecule is CC(C)[C@H]1C[C@@H]1C#N. The first-order chi connectivity index (χ1) is 3.75. The van der Waals surface area contributed by atoms with Gasteiger partial charge in [-0.1, -0.05) is 13.8 Å². The molecule has 8 heavy (non-hydrogen) atoms. The zero-order valence-corrected chi connectivity index (χ0v) is 5.39. The van der Waals surface area contributed by atoms with Gasteiger partial charge in [0.1, 0.15) is 0 Å². The Kier molecular flexibility index (Phi) is 1.25. The molecule has 1 fully saturated rings. The van der Waals surface area contributed by atoms with Crippen LogP contribution in [-0.4, -0.2) is 0 Å². The Morgan fingerprint density at radius 3 is 2.38 bits per heavy atom. The van der Waals surface area contributed by atoms with Gasteiger partial charge in [0.15, 0.2) is 0 Å². The molecule has 0 aromatic carbocycles. The molecule has 44 valence electrons. The van der Waals surface area contributed by atoms with Gasteiger partial charge in [-0.25, -0.2) is 0 Å². The van der Waals surface area contributed by atoms with E-state index in [0.717, 1.165) is 18.3 Å². The van der Waals surface area contributed by atoms with E-state index >= 15 is 0 Å². The maximum Gasteiger partial charge on any atom is 0.0658 e. The van der Waals surface area contributed by atoms with Gasteiger partial charge in [-0.2, -0.15) is 5.26 Å². The van der Waals surface area contributed by atoms with Crippen LogP contribution in [0.4, 0.5) is 0 Å². The molecule has 0 unspecified atom stereocenters. The Balaban J connectivity index is 2.29. The van der Waals surface area contributed by atoms with Gasteiger partial charge >= 0.3 is 0 Å². The van der Waals surface area contributed by atoms with E-state index in [2.05, 4.69) is 19.9 Å². The zero-order chi connectivity index (χ0) is 6.15. The molecule has 1 rings (SSSR count). The number of nitriles is 1. The van der Waals surface area contributed by atoms with Crippen LogP contribution in [0.15, 0.2) is 0 Å². The highest BCUT2D eigenvalue weighted by atomic mass is 14.4. The third-order valence-corrected chi connectivity index (χ3v) is 1.86. The standard InChI is InChI=1S/C7H11N/c1-5(2)7-3-6(7)4-8/h5-7H,3H2,1-2H3/t6-,7-/m1/s1. The van der Waals surface area contributed by atoms with Crippen LogP contribution in [0.3, 0.4) is 0 Å². The summed E-state index contributed by atoms with van der Waals surface area (Å²) in [4.78, 5) is 0. The third kappa shape index (κ3) is 0.838. The van der Waals surface area contributed by atoms with Crippen molar-refractivity contribution < 1.29 is 0 Å². The highest BCUT2D eigenvalue weighted by Crippen LogP contribution is 2.43. The number of hydrogen-bond donors (Lipinski definition) is 0. The van der Waals surface area contributed by atoms with Crippen LogP contribution in [0.2, 0.25) is 0 Å². The molecule has 1 aliphatic carbocycles. The van der Waals surface area contributed by atoms with Gasteiger partial charge in [0.2, 0.25) is 0 Å². The summed E-state index contributed by atoms with van der Waals surface area (Å²) in [6.07, 6.45) is 1.15. The topological polar surface area (TPSA) is 23.8 Å². The van der Waals surface area contributed by atoms with Gasteiger partial charge in [-0.15, -0.1) is 0 Å². The van der Waals surface area contributed by atoms with Crippen LogP contribution < -0.4 is 0 Å². The van der Waals surface area contributed by atoms with Crippen LogP contribution in [0, 0.1) is 29.1 Å². The second-order valence-corrected chi connectivity index (χ2v) is 2.88. The Morgan fingerprint density at radius 1 is 1.62 bits per heavy atom. The minimum Gasteiger partial charge on any atom is -0.198 e. The van der Waals surface area contributed by atoms with E-state index in [1.807, 2.05) is 0 Å². The maximum atomic E-state index is 8.38. The lowest BCUT2D eigenvalue weighted by Gasteiger charge is -1.95. The molecule has 0 amide bonds. The van der Waals surface area contributed by atoms with Gasteiger partial charge in [0.05, 0.1) is 6.07 Å². The molecule has 0 aliphatic heterocycles. The van der Waals surface area contributed by atoms with Gasteiger partial charge in [-0.3, -0.25) is 0 Å². The zero-order valence-electron chi connectivity index (χ0n) is 5.39. The minimum absolute atomic E-state index is 0.398. The van der Waals surface area contributed by atoms with Crippen molar-refractivity contribution in [2.45, 2.75) is 20.3 Å². The Hall–Kier alpha value is -0.510. The van der Waals surface area contributed by atoms with Crippen LogP contribution in [-0.2, 0) is 0 Å². The highest BCUT2D eigenvalue weighted by Gasteiger charge is 2.39. The highest BCUT2D eigenvalue weighted by molar-refractivity contribution is 5.02. The van der Waals surface area contributed by atoms with Crippen molar-refractivity contribution >= 4 is 0 Å². The Labute approximate surface area is 50.3 Å². The molecule has 0 spiro atoms. The number of nitrogens with zero attached hydrogens (tertiary/aromatic N) is 1. The molecular formula is C7H11N. The van der Waals surface area contributed by atoms with E-state index in [4.69, 9.17) is 5.26 Å². The summed E-state index contributed by atoms with van der Waals surface area (Å²) >= 11 is 0. The lowest BCUT2D eigenvalue weighted by Crippen LogP contribution is -1.90. The monoisotopic (exact) mass is 109 g/mol. The summed E-state index contributed by atoms with van der Waals surface area (Å²) in [6, 6.07) is 2.27. The Morgan fingerprint density at radius 2 is 2.25 bits per heavy atom.